The lowest BCUT2D eigenvalue weighted by Crippen LogP contribution is -2.28. The number of hydrogen-bond acceptors (Lipinski definition) is 3. The van der Waals surface area contributed by atoms with Gasteiger partial charge in [-0.15, -0.1) is 0 Å². The van der Waals surface area contributed by atoms with E-state index in [-0.39, 0.29) is 12.1 Å². The average molecular weight is 336 g/mol. The van der Waals surface area contributed by atoms with E-state index in [2.05, 4.69) is 10.0 Å². The van der Waals surface area contributed by atoms with Gasteiger partial charge in [-0.2, -0.15) is 13.2 Å². The van der Waals surface area contributed by atoms with E-state index >= 15 is 0 Å². The fourth-order valence-electron chi connectivity index (χ4n) is 2.56. The summed E-state index contributed by atoms with van der Waals surface area (Å²) in [6.07, 6.45) is -2.87. The van der Waals surface area contributed by atoms with Gasteiger partial charge in [-0.25, -0.2) is 13.1 Å². The molecule has 0 saturated carbocycles. The maximum Gasteiger partial charge on any atom is 0.416 e. The lowest BCUT2D eigenvalue weighted by atomic mass is 10.1. The minimum absolute atomic E-state index is 0.231. The Balaban J connectivity index is 1.96. The van der Waals surface area contributed by atoms with Crippen LogP contribution in [0.5, 0.6) is 0 Å². The highest BCUT2D eigenvalue weighted by molar-refractivity contribution is 7.88. The Morgan fingerprint density at radius 3 is 2.64 bits per heavy atom. The van der Waals surface area contributed by atoms with Crippen molar-refractivity contribution in [1.82, 2.24) is 10.0 Å². The average Bonchev–Trinajstić information content (AvgIpc) is 2.90. The van der Waals surface area contributed by atoms with E-state index in [4.69, 9.17) is 0 Å². The van der Waals surface area contributed by atoms with E-state index in [1.165, 1.54) is 18.2 Å². The minimum atomic E-state index is -4.55. The highest BCUT2D eigenvalue weighted by Gasteiger charge is 2.34. The van der Waals surface area contributed by atoms with E-state index in [1.807, 2.05) is 0 Å². The summed E-state index contributed by atoms with van der Waals surface area (Å²) in [6.45, 7) is 2.04. The van der Waals surface area contributed by atoms with Crippen molar-refractivity contribution < 1.29 is 21.6 Å². The fourth-order valence-corrected chi connectivity index (χ4v) is 3.75. The predicted molar refractivity (Wildman–Crippen MR) is 77.7 cm³/mol. The van der Waals surface area contributed by atoms with Crippen molar-refractivity contribution in [3.63, 3.8) is 0 Å². The molecule has 0 bridgehead atoms. The van der Waals surface area contributed by atoms with Crippen LogP contribution in [0.1, 0.15) is 24.0 Å². The van der Waals surface area contributed by atoms with Crippen LogP contribution in [-0.4, -0.2) is 28.1 Å². The molecule has 8 heteroatoms. The molecule has 22 heavy (non-hydrogen) atoms. The molecular weight excluding hydrogens is 317 g/mol. The Morgan fingerprint density at radius 1 is 1.27 bits per heavy atom. The highest BCUT2D eigenvalue weighted by Crippen LogP contribution is 2.32. The first-order chi connectivity index (χ1) is 10.3. The van der Waals surface area contributed by atoms with E-state index in [9.17, 15) is 21.6 Å². The van der Waals surface area contributed by atoms with Crippen LogP contribution in [0.2, 0.25) is 0 Å². The standard InChI is InChI=1S/C14H19F3N2O2S/c15-14(16,17)13-4-2-1-3-12(13)10-22(20,21)19-8-6-11-5-7-18-9-11/h1-4,11,18-19H,5-10H2. The van der Waals surface area contributed by atoms with Gasteiger partial charge >= 0.3 is 6.18 Å². The van der Waals surface area contributed by atoms with Crippen molar-refractivity contribution in [2.75, 3.05) is 19.6 Å². The number of benzene rings is 1. The highest BCUT2D eigenvalue weighted by atomic mass is 32.2. The molecule has 1 aromatic carbocycles. The first-order valence-electron chi connectivity index (χ1n) is 7.11. The minimum Gasteiger partial charge on any atom is -0.316 e. The molecule has 0 spiro atoms. The molecule has 1 saturated heterocycles. The number of sulfonamides is 1. The lowest BCUT2D eigenvalue weighted by Gasteiger charge is -2.14. The Labute approximate surface area is 128 Å². The van der Waals surface area contributed by atoms with Crippen LogP contribution in [-0.2, 0) is 22.0 Å². The van der Waals surface area contributed by atoms with Crippen LogP contribution in [0, 0.1) is 5.92 Å². The first kappa shape index (κ1) is 17.2. The summed E-state index contributed by atoms with van der Waals surface area (Å²) < 4.78 is 64.9. The maximum absolute atomic E-state index is 12.9. The van der Waals surface area contributed by atoms with Crippen LogP contribution >= 0.6 is 0 Å². The second-order valence-electron chi connectivity index (χ2n) is 5.46. The van der Waals surface area contributed by atoms with E-state index < -0.39 is 27.5 Å². The van der Waals surface area contributed by atoms with Crippen molar-refractivity contribution >= 4 is 10.0 Å². The molecule has 2 N–H and O–H groups in total. The summed E-state index contributed by atoms with van der Waals surface area (Å²) in [5.41, 5.74) is -1.13. The number of alkyl halides is 3. The van der Waals surface area contributed by atoms with Crippen LogP contribution in [0.4, 0.5) is 13.2 Å². The molecule has 0 amide bonds. The van der Waals surface area contributed by atoms with Gasteiger partial charge in [0.25, 0.3) is 0 Å². The number of rotatable bonds is 6. The van der Waals surface area contributed by atoms with E-state index in [0.29, 0.717) is 12.3 Å². The molecule has 1 atom stereocenters. The molecular formula is C14H19F3N2O2S. The van der Waals surface area contributed by atoms with Gasteiger partial charge in [-0.1, -0.05) is 18.2 Å². The molecule has 1 heterocycles. The quantitative estimate of drug-likeness (QED) is 0.837. The summed E-state index contributed by atoms with van der Waals surface area (Å²) in [5, 5.41) is 3.18. The molecule has 1 aliphatic rings. The van der Waals surface area contributed by atoms with Crippen LogP contribution < -0.4 is 10.0 Å². The summed E-state index contributed by atoms with van der Waals surface area (Å²) in [4.78, 5) is 0. The van der Waals surface area contributed by atoms with Crippen molar-refractivity contribution in [1.29, 1.82) is 0 Å². The van der Waals surface area contributed by atoms with Gasteiger partial charge in [0.2, 0.25) is 10.0 Å². The third-order valence-electron chi connectivity index (χ3n) is 3.71. The van der Waals surface area contributed by atoms with Gasteiger partial charge < -0.3 is 5.32 Å². The van der Waals surface area contributed by atoms with Crippen molar-refractivity contribution in [3.8, 4) is 0 Å². The van der Waals surface area contributed by atoms with Crippen LogP contribution in [0.25, 0.3) is 0 Å². The summed E-state index contributed by atoms with van der Waals surface area (Å²) >= 11 is 0. The topological polar surface area (TPSA) is 58.2 Å². The molecule has 124 valence electrons. The molecule has 0 radical (unpaired) electrons. The van der Waals surface area contributed by atoms with E-state index in [1.54, 1.807) is 0 Å². The number of nitrogens with one attached hydrogen (secondary N) is 2. The summed E-state index contributed by atoms with van der Waals surface area (Å²) in [7, 11) is -3.78. The summed E-state index contributed by atoms with van der Waals surface area (Å²) in [5.74, 6) is -0.240. The molecule has 1 unspecified atom stereocenters. The third-order valence-corrected chi connectivity index (χ3v) is 5.04. The van der Waals surface area contributed by atoms with Crippen molar-refractivity contribution in [3.05, 3.63) is 35.4 Å². The van der Waals surface area contributed by atoms with Crippen LogP contribution in [0.15, 0.2) is 24.3 Å². The van der Waals surface area contributed by atoms with Gasteiger partial charge in [0.05, 0.1) is 11.3 Å². The molecule has 1 aromatic rings. The lowest BCUT2D eigenvalue weighted by molar-refractivity contribution is -0.138. The number of halogens is 3. The maximum atomic E-state index is 12.9. The zero-order chi connectivity index (χ0) is 16.2. The van der Waals surface area contributed by atoms with Gasteiger partial charge in [0.15, 0.2) is 0 Å². The Bertz CT molecular complexity index is 596. The fraction of sp³-hybridized carbons (Fsp3) is 0.571. The van der Waals surface area contributed by atoms with Gasteiger partial charge in [-0.05, 0) is 43.5 Å². The monoisotopic (exact) mass is 336 g/mol. The zero-order valence-electron chi connectivity index (χ0n) is 12.0. The Hall–Kier alpha value is -1.12. The molecule has 0 aliphatic carbocycles. The SMILES string of the molecule is O=S(=O)(Cc1ccccc1C(F)(F)F)NCCC1CCNC1. The first-order valence-corrected chi connectivity index (χ1v) is 8.76. The second kappa shape index (κ2) is 6.97. The zero-order valence-corrected chi connectivity index (χ0v) is 12.8. The Morgan fingerprint density at radius 2 is 2.00 bits per heavy atom. The van der Waals surface area contributed by atoms with Gasteiger partial charge in [0, 0.05) is 6.54 Å². The predicted octanol–water partition coefficient (Wildman–Crippen LogP) is 2.12. The second-order valence-corrected chi connectivity index (χ2v) is 7.26. The molecule has 0 aromatic heterocycles. The smallest absolute Gasteiger partial charge is 0.316 e. The Kier molecular flexibility index (Phi) is 5.46. The molecule has 2 rings (SSSR count). The van der Waals surface area contributed by atoms with Gasteiger partial charge in [-0.3, -0.25) is 0 Å². The van der Waals surface area contributed by atoms with Crippen molar-refractivity contribution in [2.24, 2.45) is 5.92 Å². The molecule has 1 aliphatic heterocycles. The summed E-state index contributed by atoms with van der Waals surface area (Å²) in [6, 6.07) is 4.75. The van der Waals surface area contributed by atoms with Crippen LogP contribution in [0.3, 0.4) is 0 Å². The molecule has 1 fully saturated rings. The third kappa shape index (κ3) is 4.96. The van der Waals surface area contributed by atoms with Crippen molar-refractivity contribution in [2.45, 2.75) is 24.8 Å². The number of hydrogen-bond donors (Lipinski definition) is 2. The molecule has 4 nitrogen and oxygen atoms in total. The van der Waals surface area contributed by atoms with E-state index in [0.717, 1.165) is 25.6 Å². The van der Waals surface area contributed by atoms with Gasteiger partial charge in [0.1, 0.15) is 0 Å². The largest absolute Gasteiger partial charge is 0.416 e. The normalized spacial score (nSPS) is 19.5.